The maximum absolute atomic E-state index is 15.6. The number of nitrogens with one attached hydrogen (secondary N) is 7. The second-order valence-corrected chi connectivity index (χ2v) is 34.8. The highest BCUT2D eigenvalue weighted by Crippen LogP contribution is 2.28. The van der Waals surface area contributed by atoms with Crippen LogP contribution in [-0.2, 0) is 128 Å². The van der Waals surface area contributed by atoms with Crippen molar-refractivity contribution < 1.29 is 106 Å². The number of thioether (sulfide) groups is 1. The number of para-hydroxylation sites is 1. The molecule has 6 aromatic rings. The van der Waals surface area contributed by atoms with E-state index in [1.54, 1.807) is 149 Å². The number of aromatic nitrogens is 1. The number of fused-ring (bicyclic) bond motifs is 1. The number of Topliss-reactive ketones (excluding diaryl/α,β-unsaturated/α-hetero) is 3. The fourth-order valence-corrected chi connectivity index (χ4v) is 16.5. The number of nitrogens with two attached hydrogens (primary N) is 1. The van der Waals surface area contributed by atoms with Gasteiger partial charge in [-0.05, 0) is 77.1 Å². The molecule has 706 valence electrons. The summed E-state index contributed by atoms with van der Waals surface area (Å²) in [5.74, 6) is -19.0. The zero-order valence-electron chi connectivity index (χ0n) is 75.7. The first kappa shape index (κ1) is 105. The van der Waals surface area contributed by atoms with Crippen LogP contribution in [0, 0.1) is 23.7 Å². The monoisotopic (exact) mass is 1830 g/mol. The highest BCUT2D eigenvalue weighted by atomic mass is 32.2. The molecule has 1 saturated heterocycles. The van der Waals surface area contributed by atoms with Gasteiger partial charge in [0, 0.05) is 135 Å². The summed E-state index contributed by atoms with van der Waals surface area (Å²) in [7, 11) is 6.53. The van der Waals surface area contributed by atoms with Gasteiger partial charge < -0.3 is 86.8 Å². The molecular weight excluding hydrogens is 1710 g/mol. The number of phenolic OH excluding ortho intramolecular Hbond substituents is 1. The Hall–Kier alpha value is -13.2. The van der Waals surface area contributed by atoms with Gasteiger partial charge in [-0.15, -0.1) is 11.8 Å². The molecule has 1 aliphatic rings. The quantitative estimate of drug-likeness (QED) is 0.0222. The summed E-state index contributed by atoms with van der Waals surface area (Å²) < 4.78 is 10.2. The van der Waals surface area contributed by atoms with E-state index in [9.17, 15) is 48.6 Å². The molecule has 7 rings (SSSR count). The topological polar surface area (TPSA) is 496 Å². The van der Waals surface area contributed by atoms with Gasteiger partial charge in [0.05, 0.1) is 30.9 Å². The van der Waals surface area contributed by atoms with Gasteiger partial charge in [0.2, 0.25) is 70.9 Å². The Kier molecular flexibility index (Phi) is 42.0. The third kappa shape index (κ3) is 32.5. The number of H-pyrrole nitrogens is 1. The summed E-state index contributed by atoms with van der Waals surface area (Å²) in [4.78, 5) is 269. The number of carbonyl (C=O) groups excluding carboxylic acids is 17. The van der Waals surface area contributed by atoms with Gasteiger partial charge >= 0.3 is 5.97 Å². The molecule has 1 aliphatic heterocycles. The maximum atomic E-state index is 15.6. The molecule has 0 unspecified atom stereocenters. The Labute approximate surface area is 766 Å². The highest BCUT2D eigenvalue weighted by Gasteiger charge is 2.43. The van der Waals surface area contributed by atoms with E-state index in [0.29, 0.717) is 51.6 Å². The predicted octanol–water partition coefficient (Wildman–Crippen LogP) is 4.29. The number of carbonyl (C=O) groups is 18. The molecule has 5 aromatic carbocycles. The number of ketones is 3. The molecule has 11 N–H and O–H groups in total. The minimum atomic E-state index is -1.82. The van der Waals surface area contributed by atoms with Crippen molar-refractivity contribution in [3.8, 4) is 5.75 Å². The number of aromatic amines is 1. The standard InChI is InChI=1S/C95H123N13O22S/c1-11-12-32-78-94(127)104(6)52-67(112)48-65(53-130-57-110)82(114)50-69(59(4)5)91(124)107(9)79(46-61-26-18-14-19-27-61)90(123)99-71(41-42-129-56-109)92(125)105(7)77(37-40-85(117)118)89(122)102-74(49-64-51-97-70-31-23-22-30-68(64)70)88(121)101-73(44-63-33-35-66(111)36-34-63)87(120)100-72(43-58(2)3)86(119)103-76(81(113)38-39-83(96)115)54-131-55-84(116)98-75(45-60-24-16-13-17-25-60)93(126)108(10)80(95(128)106(78)8)47-62-28-20-15-21-29-62/h13-31,33-36,51,56-59,65,69,71-80,97,111H,11-12,32,37-50,52-55H2,1-10H3,(H2,96,115)(H,98,116)(H,99,123)(H,100,120)(H,101,121)(H,102,122)(H,103,119)(H,117,118)/t65-,69-,71-,72-,73-,74-,75-,76-,77-,78-,79-,80-/m0/s1. The van der Waals surface area contributed by atoms with Gasteiger partial charge in [-0.1, -0.05) is 169 Å². The number of nitrogens with zero attached hydrogens (tertiary/aromatic N) is 5. The number of aromatic hydroxyl groups is 1. The molecule has 0 bridgehead atoms. The molecule has 1 fully saturated rings. The molecular formula is C95H123N13O22S. The maximum Gasteiger partial charge on any atom is 0.303 e. The highest BCUT2D eigenvalue weighted by molar-refractivity contribution is 8.00. The summed E-state index contributed by atoms with van der Waals surface area (Å²) >= 11 is 0.855. The van der Waals surface area contributed by atoms with Gasteiger partial charge in [-0.3, -0.25) is 86.3 Å². The lowest BCUT2D eigenvalue weighted by Crippen LogP contribution is -2.61. The molecule has 0 radical (unpaired) electrons. The Balaban J connectivity index is 1.36. The van der Waals surface area contributed by atoms with Crippen LogP contribution in [0.4, 0.5) is 0 Å². The summed E-state index contributed by atoms with van der Waals surface area (Å²) in [5, 5.41) is 37.6. The lowest BCUT2D eigenvalue weighted by atomic mass is 9.84. The number of rotatable bonds is 30. The second-order valence-electron chi connectivity index (χ2n) is 33.8. The molecule has 131 heavy (non-hydrogen) atoms. The number of ether oxygens (including phenoxy) is 2. The van der Waals surface area contributed by atoms with E-state index >= 15 is 47.9 Å². The number of carboxylic acids is 1. The fourth-order valence-electron chi connectivity index (χ4n) is 15.6. The van der Waals surface area contributed by atoms with Crippen molar-refractivity contribution in [2.24, 2.45) is 29.4 Å². The van der Waals surface area contributed by atoms with Crippen LogP contribution in [0.15, 0.2) is 146 Å². The van der Waals surface area contributed by atoms with Crippen LogP contribution in [0.5, 0.6) is 5.75 Å². The molecule has 35 nitrogen and oxygen atoms in total. The average Bonchev–Trinajstić information content (AvgIpc) is 1.20. The van der Waals surface area contributed by atoms with Gasteiger partial charge in [0.15, 0.2) is 11.6 Å². The smallest absolute Gasteiger partial charge is 0.303 e. The van der Waals surface area contributed by atoms with E-state index < -0.39 is 243 Å². The number of benzene rings is 5. The summed E-state index contributed by atoms with van der Waals surface area (Å²) in [6.45, 7) is 6.91. The Bertz CT molecular complexity index is 4920. The molecule has 36 heteroatoms. The number of hydrogen-bond donors (Lipinski definition) is 10. The predicted molar refractivity (Wildman–Crippen MR) is 486 cm³/mol. The average molecular weight is 1830 g/mol. The molecule has 0 saturated carbocycles. The van der Waals surface area contributed by atoms with Crippen LogP contribution in [-0.4, -0.2) is 274 Å². The zero-order valence-corrected chi connectivity index (χ0v) is 76.5. The molecule has 0 aliphatic carbocycles. The van der Waals surface area contributed by atoms with E-state index in [4.69, 9.17) is 15.2 Å². The van der Waals surface area contributed by atoms with Crippen molar-refractivity contribution in [2.75, 3.05) is 66.5 Å². The molecule has 12 atom stereocenters. The lowest BCUT2D eigenvalue weighted by molar-refractivity contribution is -0.151. The second kappa shape index (κ2) is 52.5. The first-order valence-electron chi connectivity index (χ1n) is 43.8. The third-order valence-corrected chi connectivity index (χ3v) is 24.2. The van der Waals surface area contributed by atoms with Gasteiger partial charge in [0.25, 0.3) is 12.9 Å². The SMILES string of the molecule is CCCC[C@H]1C(=O)N(C)CC(=O)C[C@@H](COC=O)C(=O)C[C@@H](C(C)C)C(=O)N(C)[C@@H](Cc2ccccc2)C(=O)N[C@@H](CCOC=O)C(=O)N(C)[C@@H](CCC(=O)O)C(=O)N[C@@H](Cc2c[nH]c3ccccc23)C(=O)N[C@@H](Cc2ccc(O)cc2)C(=O)N[C@@H](CC(C)C)C(=O)N[C@H](C(=O)CCC(N)=O)CSCC(=O)N[C@@H](Cc2ccccc2)C(=O)N(C)[C@@H](Cc2ccccc2)C(=O)N1C. The van der Waals surface area contributed by atoms with Crippen molar-refractivity contribution in [1.82, 2.24) is 61.4 Å². The van der Waals surface area contributed by atoms with E-state index in [1.165, 1.54) is 62.3 Å². The third-order valence-electron chi connectivity index (χ3n) is 23.1. The summed E-state index contributed by atoms with van der Waals surface area (Å²) in [5.41, 5.74) is 8.60. The number of amides is 12. The van der Waals surface area contributed by atoms with Crippen LogP contribution in [0.25, 0.3) is 10.9 Å². The van der Waals surface area contributed by atoms with Crippen molar-refractivity contribution in [1.29, 1.82) is 0 Å². The Morgan fingerprint density at radius 3 is 1.61 bits per heavy atom. The van der Waals surface area contributed by atoms with Crippen molar-refractivity contribution in [2.45, 2.75) is 198 Å². The van der Waals surface area contributed by atoms with Gasteiger partial charge in [-0.2, -0.15) is 0 Å². The van der Waals surface area contributed by atoms with Crippen LogP contribution in [0.3, 0.4) is 0 Å². The summed E-state index contributed by atoms with van der Waals surface area (Å²) in [6, 6.07) is 22.6. The fraction of sp³-hybridized carbons (Fsp3) is 0.474. The number of unbranched alkanes of at least 4 members (excludes halogenated alkanes) is 1. The number of carboxylic acid groups (broad SMARTS) is 1. The van der Waals surface area contributed by atoms with E-state index in [2.05, 4.69) is 36.9 Å². The molecule has 2 heterocycles. The van der Waals surface area contributed by atoms with E-state index in [1.807, 2.05) is 6.92 Å². The lowest BCUT2D eigenvalue weighted by Gasteiger charge is -2.37. The molecule has 0 spiro atoms. The number of aliphatic carboxylic acids is 1. The van der Waals surface area contributed by atoms with Crippen LogP contribution in [0.2, 0.25) is 0 Å². The van der Waals surface area contributed by atoms with Crippen LogP contribution in [0.1, 0.15) is 133 Å². The number of phenols is 1. The number of likely N-dealkylation sites (N-methyl/N-ethyl adjacent to an activating group) is 5. The summed E-state index contributed by atoms with van der Waals surface area (Å²) in [6.07, 6.45) is -2.83. The number of primary amides is 1. The largest absolute Gasteiger partial charge is 0.508 e. The molecule has 12 amide bonds. The number of hydrogen-bond acceptors (Lipinski definition) is 22. The Morgan fingerprint density at radius 1 is 0.511 bits per heavy atom. The first-order chi connectivity index (χ1) is 62.4. The zero-order chi connectivity index (χ0) is 96.1. The van der Waals surface area contributed by atoms with E-state index in [-0.39, 0.29) is 75.3 Å². The van der Waals surface area contributed by atoms with Crippen LogP contribution < -0.4 is 37.6 Å². The minimum absolute atomic E-state index is 0.0655. The Morgan fingerprint density at radius 2 is 1.02 bits per heavy atom. The van der Waals surface area contributed by atoms with E-state index in [0.717, 1.165) is 33.5 Å². The van der Waals surface area contributed by atoms with Crippen molar-refractivity contribution in [3.63, 3.8) is 0 Å². The minimum Gasteiger partial charge on any atom is -0.508 e. The first-order valence-corrected chi connectivity index (χ1v) is 44.9. The van der Waals surface area contributed by atoms with Gasteiger partial charge in [0.1, 0.15) is 72.5 Å². The van der Waals surface area contributed by atoms with Crippen LogP contribution >= 0.6 is 11.8 Å². The normalized spacial score (nSPS) is 22.4. The van der Waals surface area contributed by atoms with Crippen molar-refractivity contribution in [3.05, 3.63) is 174 Å². The van der Waals surface area contributed by atoms with Crippen molar-refractivity contribution >= 4 is 130 Å². The van der Waals surface area contributed by atoms with Gasteiger partial charge in [-0.25, -0.2) is 0 Å². The molecule has 1 aromatic heterocycles.